The molecule has 3 aromatic rings. The first-order valence-electron chi connectivity index (χ1n) is 9.17. The molecule has 1 aromatic heterocycles. The van der Waals surface area contributed by atoms with Gasteiger partial charge in [0.1, 0.15) is 11.4 Å². The van der Waals surface area contributed by atoms with Crippen LogP contribution in [0.15, 0.2) is 71.5 Å². The molecule has 0 aliphatic carbocycles. The Morgan fingerprint density at radius 1 is 1.00 bits per heavy atom. The van der Waals surface area contributed by atoms with Gasteiger partial charge in [0.05, 0.1) is 17.8 Å². The molecule has 2 aromatic carbocycles. The molecule has 1 N–H and O–H groups in total. The highest BCUT2D eigenvalue weighted by Gasteiger charge is 2.15. The SMILES string of the molecule is CC(C)Oc1cccc([C@@H](C)NC(=O)c2ccc(=O)n(-c3ccccc3)n2)c1. The van der Waals surface area contributed by atoms with Crippen LogP contribution < -0.4 is 15.6 Å². The van der Waals surface area contributed by atoms with Crippen molar-refractivity contribution in [1.29, 1.82) is 0 Å². The Bertz CT molecular complexity index is 1010. The van der Waals surface area contributed by atoms with E-state index in [4.69, 9.17) is 4.74 Å². The van der Waals surface area contributed by atoms with Crippen molar-refractivity contribution in [2.75, 3.05) is 0 Å². The molecule has 144 valence electrons. The molecule has 3 rings (SSSR count). The van der Waals surface area contributed by atoms with Crippen molar-refractivity contribution in [2.45, 2.75) is 32.9 Å². The van der Waals surface area contributed by atoms with Gasteiger partial charge in [0.2, 0.25) is 0 Å². The molecule has 0 saturated carbocycles. The van der Waals surface area contributed by atoms with E-state index < -0.39 is 0 Å². The summed E-state index contributed by atoms with van der Waals surface area (Å²) in [6.45, 7) is 5.82. The van der Waals surface area contributed by atoms with Crippen molar-refractivity contribution < 1.29 is 9.53 Å². The van der Waals surface area contributed by atoms with Crippen LogP contribution in [0.2, 0.25) is 0 Å². The second-order valence-electron chi connectivity index (χ2n) is 6.74. The van der Waals surface area contributed by atoms with Crippen molar-refractivity contribution in [3.8, 4) is 11.4 Å². The summed E-state index contributed by atoms with van der Waals surface area (Å²) >= 11 is 0. The van der Waals surface area contributed by atoms with Gasteiger partial charge in [-0.3, -0.25) is 9.59 Å². The van der Waals surface area contributed by atoms with Gasteiger partial charge in [-0.2, -0.15) is 9.78 Å². The molecular formula is C22H23N3O3. The van der Waals surface area contributed by atoms with E-state index in [2.05, 4.69) is 10.4 Å². The van der Waals surface area contributed by atoms with Gasteiger partial charge < -0.3 is 10.1 Å². The number of para-hydroxylation sites is 1. The van der Waals surface area contributed by atoms with Gasteiger partial charge in [-0.05, 0) is 56.7 Å². The normalized spacial score (nSPS) is 11.9. The van der Waals surface area contributed by atoms with Crippen molar-refractivity contribution in [2.24, 2.45) is 0 Å². The third-order valence-corrected chi connectivity index (χ3v) is 4.11. The first-order valence-corrected chi connectivity index (χ1v) is 9.17. The molecule has 0 fully saturated rings. The summed E-state index contributed by atoms with van der Waals surface area (Å²) in [7, 11) is 0. The van der Waals surface area contributed by atoms with E-state index in [1.807, 2.05) is 63.2 Å². The lowest BCUT2D eigenvalue weighted by molar-refractivity contribution is 0.0933. The van der Waals surface area contributed by atoms with Crippen molar-refractivity contribution in [3.05, 3.63) is 88.3 Å². The molecule has 0 aliphatic heterocycles. The second kappa shape index (κ2) is 8.52. The lowest BCUT2D eigenvalue weighted by atomic mass is 10.1. The Hall–Kier alpha value is -3.41. The number of nitrogens with zero attached hydrogens (tertiary/aromatic N) is 2. The van der Waals surface area contributed by atoms with Crippen LogP contribution in [0.5, 0.6) is 5.75 Å². The number of rotatable bonds is 6. The molecule has 28 heavy (non-hydrogen) atoms. The third kappa shape index (κ3) is 4.65. The summed E-state index contributed by atoms with van der Waals surface area (Å²) in [5.41, 5.74) is 1.40. The smallest absolute Gasteiger partial charge is 0.272 e. The number of aromatic nitrogens is 2. The highest BCUT2D eigenvalue weighted by Crippen LogP contribution is 2.20. The lowest BCUT2D eigenvalue weighted by Crippen LogP contribution is -2.30. The van der Waals surface area contributed by atoms with E-state index in [1.54, 1.807) is 12.1 Å². The highest BCUT2D eigenvalue weighted by atomic mass is 16.5. The maximum atomic E-state index is 12.7. The van der Waals surface area contributed by atoms with Gasteiger partial charge >= 0.3 is 0 Å². The quantitative estimate of drug-likeness (QED) is 0.713. The molecule has 0 aliphatic rings. The lowest BCUT2D eigenvalue weighted by Gasteiger charge is -2.16. The van der Waals surface area contributed by atoms with Gasteiger partial charge in [-0.1, -0.05) is 30.3 Å². The molecule has 0 unspecified atom stereocenters. The summed E-state index contributed by atoms with van der Waals surface area (Å²) in [5, 5.41) is 7.13. The summed E-state index contributed by atoms with van der Waals surface area (Å²) in [6.07, 6.45) is 0.0726. The topological polar surface area (TPSA) is 73.2 Å². The predicted molar refractivity (Wildman–Crippen MR) is 108 cm³/mol. The number of amides is 1. The number of carbonyl (C=O) groups is 1. The van der Waals surface area contributed by atoms with Crippen LogP contribution >= 0.6 is 0 Å². The van der Waals surface area contributed by atoms with Crippen LogP contribution in [0, 0.1) is 0 Å². The number of hydrogen-bond donors (Lipinski definition) is 1. The first kappa shape index (κ1) is 19.4. The summed E-state index contributed by atoms with van der Waals surface area (Å²) < 4.78 is 6.93. The molecule has 0 spiro atoms. The van der Waals surface area contributed by atoms with Gasteiger partial charge in [-0.25, -0.2) is 0 Å². The van der Waals surface area contributed by atoms with Crippen LogP contribution in [-0.4, -0.2) is 21.8 Å². The summed E-state index contributed by atoms with van der Waals surface area (Å²) in [4.78, 5) is 24.8. The van der Waals surface area contributed by atoms with E-state index >= 15 is 0 Å². The average molecular weight is 377 g/mol. The number of carbonyl (C=O) groups excluding carboxylic acids is 1. The molecule has 6 nitrogen and oxygen atoms in total. The van der Waals surface area contributed by atoms with E-state index in [1.165, 1.54) is 16.8 Å². The van der Waals surface area contributed by atoms with Crippen LogP contribution in [0.1, 0.15) is 42.9 Å². The molecular weight excluding hydrogens is 354 g/mol. The number of nitrogens with one attached hydrogen (secondary N) is 1. The monoisotopic (exact) mass is 377 g/mol. The molecule has 0 bridgehead atoms. The van der Waals surface area contributed by atoms with Crippen molar-refractivity contribution >= 4 is 5.91 Å². The summed E-state index contributed by atoms with van der Waals surface area (Å²) in [5.74, 6) is 0.400. The number of ether oxygens (including phenoxy) is 1. The molecule has 6 heteroatoms. The fourth-order valence-electron chi connectivity index (χ4n) is 2.77. The molecule has 0 radical (unpaired) electrons. The van der Waals surface area contributed by atoms with E-state index in [0.29, 0.717) is 5.69 Å². The van der Waals surface area contributed by atoms with Crippen LogP contribution in [0.3, 0.4) is 0 Å². The maximum Gasteiger partial charge on any atom is 0.272 e. The van der Waals surface area contributed by atoms with Gasteiger partial charge in [0, 0.05) is 6.07 Å². The molecule has 1 heterocycles. The Morgan fingerprint density at radius 2 is 1.75 bits per heavy atom. The zero-order valence-corrected chi connectivity index (χ0v) is 16.1. The zero-order chi connectivity index (χ0) is 20.1. The second-order valence-corrected chi connectivity index (χ2v) is 6.74. The van der Waals surface area contributed by atoms with Crippen molar-refractivity contribution in [1.82, 2.24) is 15.1 Å². The number of benzene rings is 2. The number of hydrogen-bond acceptors (Lipinski definition) is 4. The minimum absolute atomic E-state index is 0.0726. The summed E-state index contributed by atoms with van der Waals surface area (Å²) in [6, 6.07) is 19.1. The maximum absolute atomic E-state index is 12.7. The van der Waals surface area contributed by atoms with Crippen LogP contribution in [0.25, 0.3) is 5.69 Å². The Morgan fingerprint density at radius 3 is 2.46 bits per heavy atom. The molecule has 0 saturated heterocycles. The fraction of sp³-hybridized carbons (Fsp3) is 0.227. The van der Waals surface area contributed by atoms with Crippen molar-refractivity contribution in [3.63, 3.8) is 0 Å². The Kier molecular flexibility index (Phi) is 5.89. The predicted octanol–water partition coefficient (Wildman–Crippen LogP) is 3.51. The van der Waals surface area contributed by atoms with E-state index in [0.717, 1.165) is 11.3 Å². The average Bonchev–Trinajstić information content (AvgIpc) is 2.68. The molecule has 1 atom stereocenters. The Labute approximate surface area is 163 Å². The minimum atomic E-state index is -0.354. The minimum Gasteiger partial charge on any atom is -0.491 e. The van der Waals surface area contributed by atoms with E-state index in [9.17, 15) is 9.59 Å². The van der Waals surface area contributed by atoms with E-state index in [-0.39, 0.29) is 29.3 Å². The Balaban J connectivity index is 1.79. The molecule has 1 amide bonds. The zero-order valence-electron chi connectivity index (χ0n) is 16.1. The third-order valence-electron chi connectivity index (χ3n) is 4.11. The van der Waals surface area contributed by atoms with Gasteiger partial charge in [-0.15, -0.1) is 0 Å². The standard InChI is InChI=1S/C22H23N3O3/c1-15(2)28-19-11-7-8-17(14-19)16(3)23-22(27)20-12-13-21(26)25(24-20)18-9-5-4-6-10-18/h4-16H,1-3H3,(H,23,27)/t16-/m1/s1. The first-order chi connectivity index (χ1) is 13.4. The largest absolute Gasteiger partial charge is 0.491 e. The van der Waals surface area contributed by atoms with Crippen LogP contribution in [-0.2, 0) is 0 Å². The van der Waals surface area contributed by atoms with Crippen LogP contribution in [0.4, 0.5) is 0 Å². The van der Waals surface area contributed by atoms with Gasteiger partial charge in [0.15, 0.2) is 0 Å². The fourth-order valence-corrected chi connectivity index (χ4v) is 2.77. The highest BCUT2D eigenvalue weighted by molar-refractivity contribution is 5.92. The van der Waals surface area contributed by atoms with Gasteiger partial charge in [0.25, 0.3) is 11.5 Å².